The summed E-state index contributed by atoms with van der Waals surface area (Å²) < 4.78 is 0. The van der Waals surface area contributed by atoms with Gasteiger partial charge in [-0.3, -0.25) is 0 Å². The molecule has 0 saturated heterocycles. The van der Waals surface area contributed by atoms with Gasteiger partial charge in [-0.1, -0.05) is 90.6 Å². The molecule has 0 heterocycles. The van der Waals surface area contributed by atoms with Gasteiger partial charge in [0.05, 0.1) is 0 Å². The number of hydrogen-bond donors (Lipinski definition) is 0. The van der Waals surface area contributed by atoms with Crippen LogP contribution in [0.4, 0.5) is 0 Å². The lowest BCUT2D eigenvalue weighted by Gasteiger charge is -2.23. The van der Waals surface area contributed by atoms with Gasteiger partial charge in [0.15, 0.2) is 0 Å². The minimum Gasteiger partial charge on any atom is -0.103 e. The maximum absolute atomic E-state index is 3.83. The fourth-order valence-corrected chi connectivity index (χ4v) is 4.24. The fraction of sp³-hybridized carbons (Fsp3) is 0.905. The average molecular weight is 293 g/mol. The maximum Gasteiger partial charge on any atom is -0.0353 e. The van der Waals surface area contributed by atoms with Crippen molar-refractivity contribution in [3.63, 3.8) is 0 Å². The number of rotatable bonds is 13. The first kappa shape index (κ1) is 18.8. The topological polar surface area (TPSA) is 0 Å². The summed E-state index contributed by atoms with van der Waals surface area (Å²) in [7, 11) is 0. The fourth-order valence-electron chi connectivity index (χ4n) is 4.24. The third-order valence-electron chi connectivity index (χ3n) is 5.56. The third-order valence-corrected chi connectivity index (χ3v) is 5.56. The normalized spacial score (nSPS) is 23.3. The molecule has 1 aliphatic carbocycles. The molecule has 0 aliphatic heterocycles. The van der Waals surface area contributed by atoms with E-state index in [-0.39, 0.29) is 0 Å². The van der Waals surface area contributed by atoms with E-state index in [1.165, 1.54) is 89.9 Å². The van der Waals surface area contributed by atoms with Crippen LogP contribution >= 0.6 is 0 Å². The van der Waals surface area contributed by atoms with Crippen molar-refractivity contribution < 1.29 is 0 Å². The van der Waals surface area contributed by atoms with E-state index in [1.54, 1.807) is 0 Å². The van der Waals surface area contributed by atoms with Crippen LogP contribution in [-0.2, 0) is 0 Å². The Balaban J connectivity index is 2.11. The molecule has 1 rings (SSSR count). The molecule has 0 spiro atoms. The average Bonchev–Trinajstić information content (AvgIpc) is 2.90. The van der Waals surface area contributed by atoms with Gasteiger partial charge in [-0.15, -0.1) is 6.58 Å². The Morgan fingerprint density at radius 1 is 1.00 bits per heavy atom. The molecule has 1 aliphatic rings. The first-order valence-electron chi connectivity index (χ1n) is 9.88. The van der Waals surface area contributed by atoms with Crippen molar-refractivity contribution in [2.75, 3.05) is 0 Å². The van der Waals surface area contributed by atoms with Crippen LogP contribution in [0.1, 0.15) is 104 Å². The Bertz CT molecular complexity index is 242. The molecule has 0 heteroatoms. The minimum atomic E-state index is 0.931. The Kier molecular flexibility index (Phi) is 11.0. The van der Waals surface area contributed by atoms with Crippen LogP contribution in [0.3, 0.4) is 0 Å². The highest BCUT2D eigenvalue weighted by Crippen LogP contribution is 2.39. The molecule has 0 aromatic carbocycles. The van der Waals surface area contributed by atoms with E-state index in [2.05, 4.69) is 26.5 Å². The van der Waals surface area contributed by atoms with E-state index in [0.29, 0.717) is 0 Å². The van der Waals surface area contributed by atoms with Crippen molar-refractivity contribution >= 4 is 0 Å². The van der Waals surface area contributed by atoms with Gasteiger partial charge in [0.25, 0.3) is 0 Å². The summed E-state index contributed by atoms with van der Waals surface area (Å²) in [5, 5.41) is 0. The second-order valence-corrected chi connectivity index (χ2v) is 7.57. The van der Waals surface area contributed by atoms with Crippen molar-refractivity contribution in [1.82, 2.24) is 0 Å². The first-order chi connectivity index (χ1) is 10.3. The van der Waals surface area contributed by atoms with Crippen LogP contribution in [0.25, 0.3) is 0 Å². The van der Waals surface area contributed by atoms with Crippen LogP contribution < -0.4 is 0 Å². The number of unbranched alkanes of at least 4 members (excludes halogenated alkanes) is 6. The zero-order chi connectivity index (χ0) is 15.3. The van der Waals surface area contributed by atoms with Gasteiger partial charge < -0.3 is 0 Å². The van der Waals surface area contributed by atoms with Crippen molar-refractivity contribution in [3.05, 3.63) is 12.7 Å². The molecule has 0 nitrogen and oxygen atoms in total. The SMILES string of the molecule is C=CCCCC(C)C[C@H]1CCC[C@@H]1CCCCCCCC. The van der Waals surface area contributed by atoms with Gasteiger partial charge in [-0.2, -0.15) is 0 Å². The summed E-state index contributed by atoms with van der Waals surface area (Å²) in [5.74, 6) is 3.05. The number of hydrogen-bond acceptors (Lipinski definition) is 0. The molecule has 0 aromatic heterocycles. The highest BCUT2D eigenvalue weighted by molar-refractivity contribution is 4.79. The summed E-state index contributed by atoms with van der Waals surface area (Å²) in [6.07, 6.45) is 22.3. The van der Waals surface area contributed by atoms with Crippen LogP contribution in [0, 0.1) is 17.8 Å². The second kappa shape index (κ2) is 12.3. The summed E-state index contributed by atoms with van der Waals surface area (Å²) >= 11 is 0. The van der Waals surface area contributed by atoms with Crippen LogP contribution in [0.2, 0.25) is 0 Å². The van der Waals surface area contributed by atoms with Gasteiger partial charge in [-0.05, 0) is 37.0 Å². The second-order valence-electron chi connectivity index (χ2n) is 7.57. The van der Waals surface area contributed by atoms with E-state index in [9.17, 15) is 0 Å². The lowest BCUT2D eigenvalue weighted by Crippen LogP contribution is -2.12. The molecule has 124 valence electrons. The zero-order valence-electron chi connectivity index (χ0n) is 14.9. The lowest BCUT2D eigenvalue weighted by molar-refractivity contribution is 0.283. The summed E-state index contributed by atoms with van der Waals surface area (Å²) in [5.41, 5.74) is 0. The molecule has 0 amide bonds. The molecule has 0 N–H and O–H groups in total. The van der Waals surface area contributed by atoms with Crippen molar-refractivity contribution in [2.45, 2.75) is 104 Å². The van der Waals surface area contributed by atoms with Gasteiger partial charge in [0.1, 0.15) is 0 Å². The first-order valence-corrected chi connectivity index (χ1v) is 9.88. The Morgan fingerprint density at radius 3 is 2.48 bits per heavy atom. The number of allylic oxidation sites excluding steroid dienone is 1. The van der Waals surface area contributed by atoms with Gasteiger partial charge in [0.2, 0.25) is 0 Å². The van der Waals surface area contributed by atoms with E-state index in [0.717, 1.165) is 17.8 Å². The van der Waals surface area contributed by atoms with Crippen molar-refractivity contribution in [1.29, 1.82) is 0 Å². The van der Waals surface area contributed by atoms with Gasteiger partial charge >= 0.3 is 0 Å². The van der Waals surface area contributed by atoms with Crippen molar-refractivity contribution in [2.24, 2.45) is 17.8 Å². The molecular formula is C21H40. The van der Waals surface area contributed by atoms with Gasteiger partial charge in [-0.25, -0.2) is 0 Å². The van der Waals surface area contributed by atoms with Gasteiger partial charge in [0, 0.05) is 0 Å². The molecule has 0 aromatic rings. The van der Waals surface area contributed by atoms with E-state index in [1.807, 2.05) is 0 Å². The standard InChI is InChI=1S/C21H40/c1-4-6-8-9-10-12-15-20-16-13-17-21(20)18-19(3)14-11-7-5-2/h5,19-21H,2,4,6-18H2,1,3H3/t19?,20-,21+/m0/s1. The Hall–Kier alpha value is -0.260. The molecule has 1 fully saturated rings. The third kappa shape index (κ3) is 8.69. The molecule has 1 saturated carbocycles. The Labute approximate surface area is 134 Å². The zero-order valence-corrected chi connectivity index (χ0v) is 14.9. The minimum absolute atomic E-state index is 0.931. The highest BCUT2D eigenvalue weighted by atomic mass is 14.3. The summed E-state index contributed by atoms with van der Waals surface area (Å²) in [4.78, 5) is 0. The molecular weight excluding hydrogens is 252 g/mol. The quantitative estimate of drug-likeness (QED) is 0.243. The van der Waals surface area contributed by atoms with E-state index >= 15 is 0 Å². The van der Waals surface area contributed by atoms with Crippen molar-refractivity contribution in [3.8, 4) is 0 Å². The lowest BCUT2D eigenvalue weighted by atomic mass is 9.83. The predicted molar refractivity (Wildman–Crippen MR) is 96.7 cm³/mol. The summed E-state index contributed by atoms with van der Waals surface area (Å²) in [6, 6.07) is 0. The van der Waals surface area contributed by atoms with E-state index in [4.69, 9.17) is 0 Å². The van der Waals surface area contributed by atoms with Crippen LogP contribution in [0.5, 0.6) is 0 Å². The highest BCUT2D eigenvalue weighted by Gasteiger charge is 2.27. The van der Waals surface area contributed by atoms with E-state index < -0.39 is 0 Å². The molecule has 3 atom stereocenters. The predicted octanol–water partition coefficient (Wildman–Crippen LogP) is 7.54. The summed E-state index contributed by atoms with van der Waals surface area (Å²) in [6.45, 7) is 8.61. The smallest absolute Gasteiger partial charge is 0.0353 e. The largest absolute Gasteiger partial charge is 0.103 e. The molecule has 1 unspecified atom stereocenters. The molecule has 0 radical (unpaired) electrons. The monoisotopic (exact) mass is 292 g/mol. The Morgan fingerprint density at radius 2 is 1.71 bits per heavy atom. The maximum atomic E-state index is 3.83. The van der Waals surface area contributed by atoms with Crippen LogP contribution in [0.15, 0.2) is 12.7 Å². The van der Waals surface area contributed by atoms with Crippen LogP contribution in [-0.4, -0.2) is 0 Å². The molecule has 0 bridgehead atoms. The molecule has 21 heavy (non-hydrogen) atoms.